The molecule has 0 saturated heterocycles. The third-order valence-electron chi connectivity index (χ3n) is 1.68. The van der Waals surface area contributed by atoms with Crippen molar-refractivity contribution < 1.29 is 5.11 Å². The van der Waals surface area contributed by atoms with Crippen LogP contribution in [0.4, 0.5) is 0 Å². The number of rotatable bonds is 1. The summed E-state index contributed by atoms with van der Waals surface area (Å²) in [6.45, 7) is 2.08. The second-order valence-corrected chi connectivity index (χ2v) is 2.23. The van der Waals surface area contributed by atoms with Crippen LogP contribution < -0.4 is 0 Å². The van der Waals surface area contributed by atoms with Gasteiger partial charge in [-0.05, 0) is 24.8 Å². The second kappa shape index (κ2) is 2.31. The van der Waals surface area contributed by atoms with Crippen molar-refractivity contribution in [3.63, 3.8) is 0 Å². The largest absolute Gasteiger partial charge is 0.389 e. The molecule has 46 valence electrons. The van der Waals surface area contributed by atoms with Gasteiger partial charge in [-0.25, -0.2) is 0 Å². The molecule has 1 atom stereocenters. The van der Waals surface area contributed by atoms with Gasteiger partial charge < -0.3 is 5.11 Å². The van der Waals surface area contributed by atoms with Crippen molar-refractivity contribution in [1.82, 2.24) is 0 Å². The van der Waals surface area contributed by atoms with Crippen molar-refractivity contribution in [2.75, 3.05) is 0 Å². The minimum atomic E-state index is -0.111. The maximum atomic E-state index is 9.12. The first-order valence-corrected chi connectivity index (χ1v) is 3.21. The third kappa shape index (κ3) is 0.920. The smallest absolute Gasteiger partial charge is 0.0753 e. The van der Waals surface area contributed by atoms with Crippen LogP contribution in [0, 0.1) is 0 Å². The van der Waals surface area contributed by atoms with E-state index in [1.54, 1.807) is 0 Å². The lowest BCUT2D eigenvalue weighted by Gasteiger charge is -2.02. The lowest BCUT2D eigenvalue weighted by Crippen LogP contribution is -2.02. The molecule has 0 amide bonds. The first-order valence-electron chi connectivity index (χ1n) is 3.21. The fraction of sp³-hybridized carbons (Fsp3) is 0.714. The highest BCUT2D eigenvalue weighted by Gasteiger charge is 2.12. The predicted octanol–water partition coefficient (Wildman–Crippen LogP) is 1.48. The van der Waals surface area contributed by atoms with Gasteiger partial charge in [0, 0.05) is 0 Å². The molecule has 0 aromatic rings. The van der Waals surface area contributed by atoms with Crippen LogP contribution >= 0.6 is 0 Å². The molecule has 1 unspecified atom stereocenters. The standard InChI is InChI=1S/C7H12O/c1-2-6-4-3-5-7(6)8/h4,7-8H,2-3,5H2,1H3. The molecule has 1 aliphatic carbocycles. The summed E-state index contributed by atoms with van der Waals surface area (Å²) in [5.74, 6) is 0. The zero-order valence-corrected chi connectivity index (χ0v) is 5.22. The van der Waals surface area contributed by atoms with Crippen LogP contribution in [0.15, 0.2) is 11.6 Å². The van der Waals surface area contributed by atoms with E-state index in [1.807, 2.05) is 0 Å². The fourth-order valence-corrected chi connectivity index (χ4v) is 1.13. The molecule has 8 heavy (non-hydrogen) atoms. The monoisotopic (exact) mass is 112 g/mol. The van der Waals surface area contributed by atoms with Crippen LogP contribution in [0.25, 0.3) is 0 Å². The Hall–Kier alpha value is -0.300. The Morgan fingerprint density at radius 1 is 1.88 bits per heavy atom. The quantitative estimate of drug-likeness (QED) is 0.509. The van der Waals surface area contributed by atoms with Crippen LogP contribution in [0.2, 0.25) is 0 Å². The van der Waals surface area contributed by atoms with E-state index < -0.39 is 0 Å². The van der Waals surface area contributed by atoms with Crippen molar-refractivity contribution >= 4 is 0 Å². The van der Waals surface area contributed by atoms with Crippen molar-refractivity contribution in [3.8, 4) is 0 Å². The van der Waals surface area contributed by atoms with Gasteiger partial charge in [0.1, 0.15) is 0 Å². The van der Waals surface area contributed by atoms with E-state index in [1.165, 1.54) is 5.57 Å². The van der Waals surface area contributed by atoms with E-state index in [0.717, 1.165) is 19.3 Å². The lowest BCUT2D eigenvalue weighted by molar-refractivity contribution is 0.209. The zero-order chi connectivity index (χ0) is 5.98. The Labute approximate surface area is 50.0 Å². The van der Waals surface area contributed by atoms with E-state index in [-0.39, 0.29) is 6.10 Å². The molecule has 1 N–H and O–H groups in total. The van der Waals surface area contributed by atoms with E-state index in [2.05, 4.69) is 13.0 Å². The van der Waals surface area contributed by atoms with Gasteiger partial charge >= 0.3 is 0 Å². The maximum absolute atomic E-state index is 9.12. The zero-order valence-electron chi connectivity index (χ0n) is 5.22. The molecule has 0 saturated carbocycles. The summed E-state index contributed by atoms with van der Waals surface area (Å²) in [7, 11) is 0. The van der Waals surface area contributed by atoms with Crippen LogP contribution in [0.1, 0.15) is 26.2 Å². The average molecular weight is 112 g/mol. The highest BCUT2D eigenvalue weighted by molar-refractivity contribution is 5.12. The molecule has 0 heterocycles. The van der Waals surface area contributed by atoms with Crippen LogP contribution in [0.3, 0.4) is 0 Å². The van der Waals surface area contributed by atoms with Crippen molar-refractivity contribution in [2.24, 2.45) is 0 Å². The highest BCUT2D eigenvalue weighted by atomic mass is 16.3. The van der Waals surface area contributed by atoms with Gasteiger partial charge in [0.15, 0.2) is 0 Å². The molecule has 0 bridgehead atoms. The molecule has 1 heteroatoms. The van der Waals surface area contributed by atoms with E-state index in [4.69, 9.17) is 5.11 Å². The Balaban J connectivity index is 2.49. The van der Waals surface area contributed by atoms with Crippen LogP contribution in [-0.4, -0.2) is 11.2 Å². The van der Waals surface area contributed by atoms with Gasteiger partial charge in [-0.3, -0.25) is 0 Å². The summed E-state index contributed by atoms with van der Waals surface area (Å²) in [6, 6.07) is 0. The Bertz CT molecular complexity index is 105. The number of hydrogen-bond donors (Lipinski definition) is 1. The lowest BCUT2D eigenvalue weighted by atomic mass is 10.1. The number of allylic oxidation sites excluding steroid dienone is 1. The van der Waals surface area contributed by atoms with E-state index in [0.29, 0.717) is 0 Å². The minimum absolute atomic E-state index is 0.111. The highest BCUT2D eigenvalue weighted by Crippen LogP contribution is 2.20. The molecule has 0 aromatic heterocycles. The van der Waals surface area contributed by atoms with Gasteiger partial charge in [0.25, 0.3) is 0 Å². The predicted molar refractivity (Wildman–Crippen MR) is 33.6 cm³/mol. The van der Waals surface area contributed by atoms with Gasteiger partial charge in [-0.2, -0.15) is 0 Å². The SMILES string of the molecule is CCC1=CCCC1O. The maximum Gasteiger partial charge on any atom is 0.0753 e. The van der Waals surface area contributed by atoms with Gasteiger partial charge in [-0.1, -0.05) is 13.0 Å². The molecule has 1 rings (SSSR count). The molecular formula is C7H12O. The number of aliphatic hydroxyl groups is 1. The molecule has 0 spiro atoms. The van der Waals surface area contributed by atoms with Gasteiger partial charge in [0.05, 0.1) is 6.10 Å². The Morgan fingerprint density at radius 2 is 2.62 bits per heavy atom. The average Bonchev–Trinajstić information content (AvgIpc) is 2.14. The van der Waals surface area contributed by atoms with Crippen LogP contribution in [0.5, 0.6) is 0 Å². The van der Waals surface area contributed by atoms with Crippen molar-refractivity contribution in [1.29, 1.82) is 0 Å². The Morgan fingerprint density at radius 3 is 2.88 bits per heavy atom. The molecule has 0 radical (unpaired) electrons. The second-order valence-electron chi connectivity index (χ2n) is 2.23. The molecule has 0 fully saturated rings. The summed E-state index contributed by atoms with van der Waals surface area (Å²) in [4.78, 5) is 0. The van der Waals surface area contributed by atoms with Crippen molar-refractivity contribution in [2.45, 2.75) is 32.3 Å². The van der Waals surface area contributed by atoms with Gasteiger partial charge in [0.2, 0.25) is 0 Å². The van der Waals surface area contributed by atoms with Crippen LogP contribution in [-0.2, 0) is 0 Å². The molecule has 1 nitrogen and oxygen atoms in total. The summed E-state index contributed by atoms with van der Waals surface area (Å²) in [6.07, 6.45) is 5.07. The normalized spacial score (nSPS) is 28.2. The molecule has 1 aliphatic rings. The summed E-state index contributed by atoms with van der Waals surface area (Å²) in [5.41, 5.74) is 1.23. The summed E-state index contributed by atoms with van der Waals surface area (Å²) in [5, 5.41) is 9.12. The van der Waals surface area contributed by atoms with E-state index in [9.17, 15) is 0 Å². The summed E-state index contributed by atoms with van der Waals surface area (Å²) < 4.78 is 0. The van der Waals surface area contributed by atoms with E-state index >= 15 is 0 Å². The first-order chi connectivity index (χ1) is 3.84. The molecular weight excluding hydrogens is 100 g/mol. The molecule has 0 aromatic carbocycles. The Kier molecular flexibility index (Phi) is 1.69. The third-order valence-corrected chi connectivity index (χ3v) is 1.68. The van der Waals surface area contributed by atoms with Gasteiger partial charge in [-0.15, -0.1) is 0 Å². The summed E-state index contributed by atoms with van der Waals surface area (Å²) >= 11 is 0. The number of hydrogen-bond acceptors (Lipinski definition) is 1. The topological polar surface area (TPSA) is 20.2 Å². The minimum Gasteiger partial charge on any atom is -0.389 e. The number of aliphatic hydroxyl groups excluding tert-OH is 1. The molecule has 0 aliphatic heterocycles. The fourth-order valence-electron chi connectivity index (χ4n) is 1.13. The first kappa shape index (κ1) is 5.83. The van der Waals surface area contributed by atoms with Crippen molar-refractivity contribution in [3.05, 3.63) is 11.6 Å².